The largest absolute Gasteiger partial charge is 0.393 e. The Morgan fingerprint density at radius 1 is 1.60 bits per heavy atom. The summed E-state index contributed by atoms with van der Waals surface area (Å²) in [5.41, 5.74) is 5.09. The van der Waals surface area contributed by atoms with Crippen molar-refractivity contribution in [2.45, 2.75) is 58.1 Å². The predicted octanol–water partition coefficient (Wildman–Crippen LogP) is 0.781. The molecule has 1 amide bonds. The fraction of sp³-hybridized carbons (Fsp3) is 0.909. The van der Waals surface area contributed by atoms with Crippen LogP contribution >= 0.6 is 0 Å². The maximum absolute atomic E-state index is 11.6. The zero-order valence-electron chi connectivity index (χ0n) is 10.0. The fourth-order valence-corrected chi connectivity index (χ4v) is 1.43. The lowest BCUT2D eigenvalue weighted by Gasteiger charge is -2.22. The Labute approximate surface area is 92.2 Å². The van der Waals surface area contributed by atoms with E-state index in [1.54, 1.807) is 13.8 Å². The maximum atomic E-state index is 11.6. The van der Waals surface area contributed by atoms with Crippen LogP contribution in [0.5, 0.6) is 0 Å². The molecule has 90 valence electrons. The molecule has 4 nitrogen and oxygen atoms in total. The molecule has 0 aromatic carbocycles. The van der Waals surface area contributed by atoms with Gasteiger partial charge >= 0.3 is 0 Å². The zero-order valence-corrected chi connectivity index (χ0v) is 10.0. The van der Waals surface area contributed by atoms with Crippen LogP contribution in [0.1, 0.15) is 46.5 Å². The van der Waals surface area contributed by atoms with Crippen molar-refractivity contribution in [1.82, 2.24) is 5.32 Å². The van der Waals surface area contributed by atoms with Crippen molar-refractivity contribution in [1.29, 1.82) is 0 Å². The summed E-state index contributed by atoms with van der Waals surface area (Å²) >= 11 is 0. The van der Waals surface area contributed by atoms with Gasteiger partial charge in [-0.3, -0.25) is 4.79 Å². The van der Waals surface area contributed by atoms with Crippen molar-refractivity contribution in [3.63, 3.8) is 0 Å². The van der Waals surface area contributed by atoms with Gasteiger partial charge in [0.25, 0.3) is 0 Å². The van der Waals surface area contributed by atoms with Gasteiger partial charge in [-0.2, -0.15) is 0 Å². The number of nitrogens with two attached hydrogens (primary N) is 1. The molecule has 0 aromatic rings. The summed E-state index contributed by atoms with van der Waals surface area (Å²) in [6.07, 6.45) is 2.77. The Hall–Kier alpha value is -0.610. The van der Waals surface area contributed by atoms with E-state index in [0.717, 1.165) is 12.8 Å². The Bertz CT molecular complexity index is 191. The van der Waals surface area contributed by atoms with E-state index in [-0.39, 0.29) is 12.0 Å². The second kappa shape index (κ2) is 6.80. The summed E-state index contributed by atoms with van der Waals surface area (Å²) in [7, 11) is 0. The normalized spacial score (nSPS) is 16.9. The van der Waals surface area contributed by atoms with Gasteiger partial charge in [-0.15, -0.1) is 0 Å². The van der Waals surface area contributed by atoms with Gasteiger partial charge < -0.3 is 16.2 Å². The van der Waals surface area contributed by atoms with E-state index in [9.17, 15) is 4.79 Å². The van der Waals surface area contributed by atoms with Crippen molar-refractivity contribution in [2.24, 2.45) is 5.73 Å². The van der Waals surface area contributed by atoms with Crippen LogP contribution in [0.2, 0.25) is 0 Å². The second-order valence-corrected chi connectivity index (χ2v) is 4.41. The van der Waals surface area contributed by atoms with Gasteiger partial charge in [0.1, 0.15) is 0 Å². The van der Waals surface area contributed by atoms with Crippen molar-refractivity contribution in [3.05, 3.63) is 0 Å². The molecule has 15 heavy (non-hydrogen) atoms. The first kappa shape index (κ1) is 14.4. The average molecular weight is 216 g/mol. The minimum Gasteiger partial charge on any atom is -0.393 e. The molecule has 0 spiro atoms. The van der Waals surface area contributed by atoms with Crippen LogP contribution in [-0.4, -0.2) is 29.2 Å². The molecular formula is C11H24N2O2. The highest BCUT2D eigenvalue weighted by atomic mass is 16.3. The third kappa shape index (κ3) is 6.47. The van der Waals surface area contributed by atoms with Crippen LogP contribution in [0.3, 0.4) is 0 Å². The lowest BCUT2D eigenvalue weighted by Crippen LogP contribution is -2.51. The smallest absolute Gasteiger partial charge is 0.239 e. The zero-order chi connectivity index (χ0) is 11.9. The van der Waals surface area contributed by atoms with Crippen molar-refractivity contribution in [2.75, 3.05) is 6.54 Å². The average Bonchev–Trinajstić information content (AvgIpc) is 2.11. The van der Waals surface area contributed by atoms with Crippen LogP contribution in [0, 0.1) is 0 Å². The molecule has 0 fully saturated rings. The minimum atomic E-state index is -0.764. The minimum absolute atomic E-state index is 0.102. The van der Waals surface area contributed by atoms with Gasteiger partial charge in [0, 0.05) is 6.54 Å². The number of aliphatic hydroxyl groups is 1. The van der Waals surface area contributed by atoms with E-state index in [1.165, 1.54) is 0 Å². The summed E-state index contributed by atoms with van der Waals surface area (Å²) in [6.45, 7) is 6.08. The molecule has 0 saturated heterocycles. The molecule has 4 heteroatoms. The molecule has 2 atom stereocenters. The first-order chi connectivity index (χ1) is 6.90. The maximum Gasteiger partial charge on any atom is 0.239 e. The number of hydrogen-bond acceptors (Lipinski definition) is 3. The lowest BCUT2D eigenvalue weighted by molar-refractivity contribution is -0.126. The van der Waals surface area contributed by atoms with Crippen molar-refractivity contribution >= 4 is 5.91 Å². The first-order valence-corrected chi connectivity index (χ1v) is 5.65. The van der Waals surface area contributed by atoms with Crippen molar-refractivity contribution < 1.29 is 9.90 Å². The Morgan fingerprint density at radius 3 is 2.67 bits per heavy atom. The topological polar surface area (TPSA) is 75.4 Å². The quantitative estimate of drug-likeness (QED) is 0.550. The van der Waals surface area contributed by atoms with Crippen LogP contribution in [0.4, 0.5) is 0 Å². The summed E-state index contributed by atoms with van der Waals surface area (Å²) < 4.78 is 0. The molecule has 0 radical (unpaired) electrons. The van der Waals surface area contributed by atoms with E-state index < -0.39 is 5.54 Å². The molecule has 2 unspecified atom stereocenters. The summed E-state index contributed by atoms with van der Waals surface area (Å²) in [5.74, 6) is -0.102. The summed E-state index contributed by atoms with van der Waals surface area (Å²) in [4.78, 5) is 11.6. The number of carbonyl (C=O) groups is 1. The molecule has 0 aromatic heterocycles. The third-order valence-corrected chi connectivity index (χ3v) is 2.37. The fourth-order valence-electron chi connectivity index (χ4n) is 1.43. The molecule has 0 aliphatic heterocycles. The van der Waals surface area contributed by atoms with E-state index in [4.69, 9.17) is 10.8 Å². The van der Waals surface area contributed by atoms with E-state index in [2.05, 4.69) is 5.32 Å². The Balaban J connectivity index is 3.73. The highest BCUT2D eigenvalue weighted by Gasteiger charge is 2.26. The number of aliphatic hydroxyl groups excluding tert-OH is 1. The highest BCUT2D eigenvalue weighted by molar-refractivity contribution is 5.85. The number of hydrogen-bond donors (Lipinski definition) is 3. The predicted molar refractivity (Wildman–Crippen MR) is 61.4 cm³/mol. The molecule has 0 heterocycles. The molecule has 0 saturated carbocycles. The number of amides is 1. The van der Waals surface area contributed by atoms with Gasteiger partial charge in [0.05, 0.1) is 11.6 Å². The van der Waals surface area contributed by atoms with Gasteiger partial charge in [0.15, 0.2) is 0 Å². The number of rotatable bonds is 7. The molecule has 0 rings (SSSR count). The van der Waals surface area contributed by atoms with Gasteiger partial charge in [-0.1, -0.05) is 13.3 Å². The molecule has 0 aliphatic rings. The van der Waals surface area contributed by atoms with Crippen LogP contribution in [0.25, 0.3) is 0 Å². The van der Waals surface area contributed by atoms with E-state index >= 15 is 0 Å². The van der Waals surface area contributed by atoms with Crippen LogP contribution < -0.4 is 11.1 Å². The summed E-state index contributed by atoms with van der Waals surface area (Å²) in [5, 5.41) is 11.8. The number of nitrogens with one attached hydrogen (secondary N) is 1. The van der Waals surface area contributed by atoms with Crippen LogP contribution in [-0.2, 0) is 4.79 Å². The first-order valence-electron chi connectivity index (χ1n) is 5.65. The third-order valence-electron chi connectivity index (χ3n) is 2.37. The second-order valence-electron chi connectivity index (χ2n) is 4.41. The molecule has 0 bridgehead atoms. The highest BCUT2D eigenvalue weighted by Crippen LogP contribution is 2.08. The van der Waals surface area contributed by atoms with Gasteiger partial charge in [0.2, 0.25) is 5.91 Å². The van der Waals surface area contributed by atoms with Gasteiger partial charge in [-0.25, -0.2) is 0 Å². The molecule has 4 N–H and O–H groups in total. The standard InChI is InChI=1S/C11H24N2O2/c1-4-7-11(3,12)10(15)13-8-5-6-9(2)14/h9,14H,4-8,12H2,1-3H3,(H,13,15). The Morgan fingerprint density at radius 2 is 2.20 bits per heavy atom. The Kier molecular flexibility index (Phi) is 6.52. The summed E-state index contributed by atoms with van der Waals surface area (Å²) in [6, 6.07) is 0. The van der Waals surface area contributed by atoms with Gasteiger partial charge in [-0.05, 0) is 33.1 Å². The number of carbonyl (C=O) groups excluding carboxylic acids is 1. The van der Waals surface area contributed by atoms with E-state index in [1.807, 2.05) is 6.92 Å². The SMILES string of the molecule is CCCC(C)(N)C(=O)NCCCC(C)O. The monoisotopic (exact) mass is 216 g/mol. The van der Waals surface area contributed by atoms with Crippen molar-refractivity contribution in [3.8, 4) is 0 Å². The lowest BCUT2D eigenvalue weighted by atomic mass is 9.96. The molecular weight excluding hydrogens is 192 g/mol. The molecule has 0 aliphatic carbocycles. The van der Waals surface area contributed by atoms with Crippen LogP contribution in [0.15, 0.2) is 0 Å². The van der Waals surface area contributed by atoms with E-state index in [0.29, 0.717) is 19.4 Å².